The van der Waals surface area contributed by atoms with E-state index in [1.165, 1.54) is 0 Å². The van der Waals surface area contributed by atoms with Gasteiger partial charge >= 0.3 is 0 Å². The van der Waals surface area contributed by atoms with Crippen LogP contribution >= 0.6 is 11.6 Å². The molecule has 0 aromatic heterocycles. The van der Waals surface area contributed by atoms with Gasteiger partial charge in [-0.15, -0.1) is 0 Å². The summed E-state index contributed by atoms with van der Waals surface area (Å²) >= 11 is 5.88. The van der Waals surface area contributed by atoms with Crippen LogP contribution in [0.3, 0.4) is 0 Å². The number of rotatable bonds is 8. The van der Waals surface area contributed by atoms with Gasteiger partial charge in [-0.25, -0.2) is 5.43 Å². The van der Waals surface area contributed by atoms with Crippen molar-refractivity contribution in [3.05, 3.63) is 94.5 Å². The van der Waals surface area contributed by atoms with E-state index >= 15 is 0 Å². The van der Waals surface area contributed by atoms with Crippen molar-refractivity contribution >= 4 is 23.7 Å². The number of benzene rings is 3. The van der Waals surface area contributed by atoms with E-state index in [0.29, 0.717) is 23.8 Å². The van der Waals surface area contributed by atoms with E-state index in [2.05, 4.69) is 10.5 Å². The molecule has 0 atom stereocenters. The van der Waals surface area contributed by atoms with E-state index in [9.17, 15) is 4.79 Å². The number of nitrogens with one attached hydrogen (secondary N) is 1. The summed E-state index contributed by atoms with van der Waals surface area (Å²) in [4.78, 5) is 12.1. The number of hydrogen-bond donors (Lipinski definition) is 1. The highest BCUT2D eigenvalue weighted by atomic mass is 35.5. The third-order valence-corrected chi connectivity index (χ3v) is 4.26. The zero-order chi connectivity index (χ0) is 20.5. The van der Waals surface area contributed by atoms with Crippen LogP contribution in [0.25, 0.3) is 0 Å². The van der Waals surface area contributed by atoms with Gasteiger partial charge in [0, 0.05) is 10.6 Å². The first kappa shape index (κ1) is 20.4. The van der Waals surface area contributed by atoms with Crippen LogP contribution in [-0.2, 0) is 6.61 Å². The van der Waals surface area contributed by atoms with Gasteiger partial charge in [-0.3, -0.25) is 4.79 Å². The molecule has 0 heterocycles. The van der Waals surface area contributed by atoms with Crippen LogP contribution < -0.4 is 14.9 Å². The van der Waals surface area contributed by atoms with Crippen LogP contribution in [0.2, 0.25) is 5.02 Å². The first-order valence-electron chi connectivity index (χ1n) is 9.17. The minimum Gasteiger partial charge on any atom is -0.494 e. The fourth-order valence-corrected chi connectivity index (χ4v) is 2.62. The standard InChI is InChI=1S/C23H21ClN2O3/c1-2-28-21-13-7-19(8-14-21)23(27)26-25-15-17-5-11-22(12-6-17)29-16-18-3-9-20(24)10-4-18/h3-15H,2,16H2,1H3,(H,26,27). The van der Waals surface area contributed by atoms with Gasteiger partial charge < -0.3 is 9.47 Å². The highest BCUT2D eigenvalue weighted by molar-refractivity contribution is 6.30. The lowest BCUT2D eigenvalue weighted by molar-refractivity contribution is 0.0955. The van der Waals surface area contributed by atoms with Gasteiger partial charge in [0.1, 0.15) is 18.1 Å². The molecule has 148 valence electrons. The molecule has 0 fully saturated rings. The second-order valence-corrected chi connectivity index (χ2v) is 6.58. The van der Waals surface area contributed by atoms with Crippen molar-refractivity contribution in [3.8, 4) is 11.5 Å². The Morgan fingerprint density at radius 1 is 0.931 bits per heavy atom. The van der Waals surface area contributed by atoms with Crippen LogP contribution in [0.4, 0.5) is 0 Å². The van der Waals surface area contributed by atoms with Crippen molar-refractivity contribution in [2.45, 2.75) is 13.5 Å². The fourth-order valence-electron chi connectivity index (χ4n) is 2.50. The molecule has 0 saturated heterocycles. The highest BCUT2D eigenvalue weighted by Gasteiger charge is 2.04. The summed E-state index contributed by atoms with van der Waals surface area (Å²) in [6, 6.07) is 21.9. The molecule has 29 heavy (non-hydrogen) atoms. The molecule has 0 spiro atoms. The number of hydrogen-bond acceptors (Lipinski definition) is 4. The van der Waals surface area contributed by atoms with Gasteiger partial charge in [-0.05, 0) is 78.7 Å². The Kier molecular flexibility index (Phi) is 7.25. The van der Waals surface area contributed by atoms with Crippen LogP contribution in [0.15, 0.2) is 77.9 Å². The summed E-state index contributed by atoms with van der Waals surface area (Å²) in [6.07, 6.45) is 1.58. The second-order valence-electron chi connectivity index (χ2n) is 6.14. The van der Waals surface area contributed by atoms with Crippen molar-refractivity contribution in [1.82, 2.24) is 5.43 Å². The predicted molar refractivity (Wildman–Crippen MR) is 115 cm³/mol. The minimum absolute atomic E-state index is 0.285. The molecule has 1 amide bonds. The molecule has 0 radical (unpaired) electrons. The molecule has 3 aromatic carbocycles. The molecule has 1 N–H and O–H groups in total. The molecule has 0 bridgehead atoms. The van der Waals surface area contributed by atoms with Crippen LogP contribution in [0.5, 0.6) is 11.5 Å². The maximum Gasteiger partial charge on any atom is 0.271 e. The molecule has 3 aromatic rings. The first-order valence-corrected chi connectivity index (χ1v) is 9.55. The maximum absolute atomic E-state index is 12.1. The lowest BCUT2D eigenvalue weighted by Gasteiger charge is -2.06. The molecule has 0 aliphatic rings. The molecule has 5 nitrogen and oxygen atoms in total. The first-order chi connectivity index (χ1) is 14.1. The molecular weight excluding hydrogens is 388 g/mol. The Morgan fingerprint density at radius 3 is 2.21 bits per heavy atom. The zero-order valence-electron chi connectivity index (χ0n) is 16.0. The molecule has 0 aliphatic carbocycles. The van der Waals surface area contributed by atoms with Gasteiger partial charge in [-0.1, -0.05) is 23.7 Å². The Labute approximate surface area is 174 Å². The lowest BCUT2D eigenvalue weighted by atomic mass is 10.2. The fraction of sp³-hybridized carbons (Fsp3) is 0.130. The second kappa shape index (κ2) is 10.3. The van der Waals surface area contributed by atoms with Gasteiger partial charge in [0.15, 0.2) is 0 Å². The van der Waals surface area contributed by atoms with Crippen molar-refractivity contribution in [1.29, 1.82) is 0 Å². The molecule has 0 aliphatic heterocycles. The van der Waals surface area contributed by atoms with E-state index in [1.54, 1.807) is 30.5 Å². The van der Waals surface area contributed by atoms with E-state index in [-0.39, 0.29) is 5.91 Å². The van der Waals surface area contributed by atoms with Crippen molar-refractivity contribution < 1.29 is 14.3 Å². The number of hydrazone groups is 1. The summed E-state index contributed by atoms with van der Waals surface area (Å²) < 4.78 is 11.1. The largest absolute Gasteiger partial charge is 0.494 e. The number of nitrogens with zero attached hydrogens (tertiary/aromatic N) is 1. The Morgan fingerprint density at radius 2 is 1.55 bits per heavy atom. The summed E-state index contributed by atoms with van der Waals surface area (Å²) in [5.74, 6) is 1.19. The SMILES string of the molecule is CCOc1ccc(C(=O)NN=Cc2ccc(OCc3ccc(Cl)cc3)cc2)cc1. The monoisotopic (exact) mass is 408 g/mol. The van der Waals surface area contributed by atoms with Gasteiger partial charge in [0.05, 0.1) is 12.8 Å². The van der Waals surface area contributed by atoms with Gasteiger partial charge in [-0.2, -0.15) is 5.10 Å². The predicted octanol–water partition coefficient (Wildman–Crippen LogP) is 5.08. The maximum atomic E-state index is 12.1. The number of halogens is 1. The van der Waals surface area contributed by atoms with Crippen LogP contribution in [0.1, 0.15) is 28.4 Å². The topological polar surface area (TPSA) is 59.9 Å². The van der Waals surface area contributed by atoms with E-state index in [0.717, 1.165) is 22.6 Å². The summed E-state index contributed by atoms with van der Waals surface area (Å²) in [7, 11) is 0. The number of carbonyl (C=O) groups is 1. The molecule has 0 saturated carbocycles. The highest BCUT2D eigenvalue weighted by Crippen LogP contribution is 2.15. The number of ether oxygens (including phenoxy) is 2. The Bertz CT molecular complexity index is 953. The van der Waals surface area contributed by atoms with E-state index in [4.69, 9.17) is 21.1 Å². The zero-order valence-corrected chi connectivity index (χ0v) is 16.7. The smallest absolute Gasteiger partial charge is 0.271 e. The van der Waals surface area contributed by atoms with Gasteiger partial charge in [0.25, 0.3) is 5.91 Å². The quantitative estimate of drug-likeness (QED) is 0.417. The molecule has 3 rings (SSSR count). The number of carbonyl (C=O) groups excluding carboxylic acids is 1. The average molecular weight is 409 g/mol. The van der Waals surface area contributed by atoms with E-state index < -0.39 is 0 Å². The normalized spacial score (nSPS) is 10.7. The molecule has 6 heteroatoms. The lowest BCUT2D eigenvalue weighted by Crippen LogP contribution is -2.17. The average Bonchev–Trinajstić information content (AvgIpc) is 2.75. The summed E-state index contributed by atoms with van der Waals surface area (Å²) in [6.45, 7) is 2.96. The van der Waals surface area contributed by atoms with Crippen LogP contribution in [0, 0.1) is 0 Å². The molecule has 0 unspecified atom stereocenters. The number of amides is 1. The van der Waals surface area contributed by atoms with Crippen LogP contribution in [-0.4, -0.2) is 18.7 Å². The van der Waals surface area contributed by atoms with Gasteiger partial charge in [0.2, 0.25) is 0 Å². The minimum atomic E-state index is -0.285. The Balaban J connectivity index is 1.49. The summed E-state index contributed by atoms with van der Waals surface area (Å²) in [5.41, 5.74) is 4.91. The summed E-state index contributed by atoms with van der Waals surface area (Å²) in [5, 5.41) is 4.70. The third kappa shape index (κ3) is 6.36. The van der Waals surface area contributed by atoms with E-state index in [1.807, 2.05) is 55.5 Å². The third-order valence-electron chi connectivity index (χ3n) is 4.01. The Hall–Kier alpha value is -3.31. The molecular formula is C23H21ClN2O3. The van der Waals surface area contributed by atoms with Crippen molar-refractivity contribution in [2.24, 2.45) is 5.10 Å². The van der Waals surface area contributed by atoms with Crippen molar-refractivity contribution in [2.75, 3.05) is 6.61 Å². The van der Waals surface area contributed by atoms with Crippen molar-refractivity contribution in [3.63, 3.8) is 0 Å².